The smallest absolute Gasteiger partial charge is 0.293 e. The van der Waals surface area contributed by atoms with Crippen molar-refractivity contribution >= 4 is 51.9 Å². The Morgan fingerprint density at radius 2 is 1.76 bits per heavy atom. The number of ether oxygens (including phenoxy) is 1. The Bertz CT molecular complexity index is 1090. The molecule has 1 aromatic heterocycles. The van der Waals surface area contributed by atoms with E-state index in [9.17, 15) is 9.59 Å². The number of rotatable bonds is 5. The molecule has 4 rings (SSSR count). The highest BCUT2D eigenvalue weighted by molar-refractivity contribution is 8.18. The topological polar surface area (TPSA) is 46.6 Å². The summed E-state index contributed by atoms with van der Waals surface area (Å²) < 4.78 is 5.14. The number of carbonyl (C=O) groups excluding carboxylic acids is 2. The van der Waals surface area contributed by atoms with Gasteiger partial charge >= 0.3 is 0 Å². The van der Waals surface area contributed by atoms with Crippen LogP contribution in [0.5, 0.6) is 5.75 Å². The number of nitrogens with zero attached hydrogens (tertiary/aromatic N) is 1. The van der Waals surface area contributed by atoms with E-state index < -0.39 is 0 Å². The lowest BCUT2D eigenvalue weighted by Gasteiger charge is -2.12. The number of halogens is 1. The maximum Gasteiger partial charge on any atom is 0.293 e. The van der Waals surface area contributed by atoms with Gasteiger partial charge in [0.25, 0.3) is 11.1 Å². The maximum absolute atomic E-state index is 12.7. The summed E-state index contributed by atoms with van der Waals surface area (Å²) in [5, 5.41) is 2.46. The fraction of sp³-hybridized carbons (Fsp3) is 0.0909. The zero-order valence-corrected chi connectivity index (χ0v) is 17.8. The molecule has 7 heteroatoms. The van der Waals surface area contributed by atoms with Crippen molar-refractivity contribution < 1.29 is 14.3 Å². The molecule has 146 valence electrons. The van der Waals surface area contributed by atoms with Crippen molar-refractivity contribution in [2.24, 2.45) is 0 Å². The highest BCUT2D eigenvalue weighted by Gasteiger charge is 2.35. The van der Waals surface area contributed by atoms with Gasteiger partial charge in [-0.05, 0) is 70.2 Å². The van der Waals surface area contributed by atoms with Gasteiger partial charge in [-0.3, -0.25) is 14.5 Å². The SMILES string of the molecule is COc1ccc(CN2C(=O)SC(=Cc3cc(-c4ccc(Cl)cc4)cs3)C2=O)cc1. The van der Waals surface area contributed by atoms with Gasteiger partial charge in [0, 0.05) is 9.90 Å². The molecule has 0 saturated carbocycles. The number of thiophene rings is 1. The molecule has 1 aliphatic rings. The van der Waals surface area contributed by atoms with E-state index in [1.807, 2.05) is 60.0 Å². The fourth-order valence-electron chi connectivity index (χ4n) is 2.90. The molecule has 0 bridgehead atoms. The Morgan fingerprint density at radius 1 is 1.03 bits per heavy atom. The van der Waals surface area contributed by atoms with E-state index in [1.54, 1.807) is 13.2 Å². The van der Waals surface area contributed by atoms with Crippen LogP contribution in [0, 0.1) is 0 Å². The highest BCUT2D eigenvalue weighted by Crippen LogP contribution is 2.35. The quantitative estimate of drug-likeness (QED) is 0.435. The Kier molecular flexibility index (Phi) is 5.76. The normalized spacial score (nSPS) is 15.4. The van der Waals surface area contributed by atoms with Crippen molar-refractivity contribution in [2.75, 3.05) is 7.11 Å². The van der Waals surface area contributed by atoms with Crippen LogP contribution in [0.2, 0.25) is 5.02 Å². The summed E-state index contributed by atoms with van der Waals surface area (Å²) in [6.45, 7) is 0.243. The number of carbonyl (C=O) groups is 2. The molecule has 0 unspecified atom stereocenters. The number of methoxy groups -OCH3 is 1. The zero-order chi connectivity index (χ0) is 20.4. The number of thioether (sulfide) groups is 1. The molecule has 0 radical (unpaired) electrons. The van der Waals surface area contributed by atoms with Gasteiger partial charge in [-0.2, -0.15) is 0 Å². The number of hydrogen-bond donors (Lipinski definition) is 0. The van der Waals surface area contributed by atoms with Crippen molar-refractivity contribution in [1.29, 1.82) is 0 Å². The summed E-state index contributed by atoms with van der Waals surface area (Å²) >= 11 is 8.45. The monoisotopic (exact) mass is 441 g/mol. The van der Waals surface area contributed by atoms with E-state index in [-0.39, 0.29) is 17.7 Å². The lowest BCUT2D eigenvalue weighted by molar-refractivity contribution is -0.123. The van der Waals surface area contributed by atoms with Gasteiger partial charge in [0.15, 0.2) is 0 Å². The summed E-state index contributed by atoms with van der Waals surface area (Å²) in [6, 6.07) is 16.9. The van der Waals surface area contributed by atoms with Gasteiger partial charge < -0.3 is 4.74 Å². The minimum Gasteiger partial charge on any atom is -0.497 e. The second-order valence-corrected chi connectivity index (χ2v) is 8.73. The summed E-state index contributed by atoms with van der Waals surface area (Å²) in [4.78, 5) is 27.7. The lowest BCUT2D eigenvalue weighted by Crippen LogP contribution is -2.27. The van der Waals surface area contributed by atoms with Crippen LogP contribution in [-0.2, 0) is 11.3 Å². The van der Waals surface area contributed by atoms with E-state index >= 15 is 0 Å². The first-order chi connectivity index (χ1) is 14.0. The minimum absolute atomic E-state index is 0.243. The average Bonchev–Trinajstić information content (AvgIpc) is 3.29. The van der Waals surface area contributed by atoms with Crippen LogP contribution in [0.15, 0.2) is 64.9 Å². The molecular weight excluding hydrogens is 426 g/mol. The standard InChI is InChI=1S/C22H16ClNO3S2/c1-27-18-8-2-14(3-9-18)12-24-21(25)20(29-22(24)26)11-19-10-16(13-28-19)15-4-6-17(23)7-5-15/h2-11,13H,12H2,1H3. The number of benzene rings is 2. The Hall–Kier alpha value is -2.54. The molecule has 3 aromatic rings. The van der Waals surface area contributed by atoms with Crippen LogP contribution >= 0.6 is 34.7 Å². The summed E-state index contributed by atoms with van der Waals surface area (Å²) in [5.41, 5.74) is 2.98. The van der Waals surface area contributed by atoms with Gasteiger partial charge in [-0.25, -0.2) is 0 Å². The van der Waals surface area contributed by atoms with Crippen LogP contribution in [-0.4, -0.2) is 23.2 Å². The molecule has 0 N–H and O–H groups in total. The summed E-state index contributed by atoms with van der Waals surface area (Å²) in [7, 11) is 1.60. The Morgan fingerprint density at radius 3 is 2.45 bits per heavy atom. The van der Waals surface area contributed by atoms with Crippen molar-refractivity contribution in [3.05, 3.63) is 80.3 Å². The molecule has 29 heavy (non-hydrogen) atoms. The molecule has 0 aliphatic carbocycles. The highest BCUT2D eigenvalue weighted by atomic mass is 35.5. The predicted octanol–water partition coefficient (Wildman–Crippen LogP) is 6.31. The number of imide groups is 1. The second kappa shape index (κ2) is 8.45. The third-order valence-electron chi connectivity index (χ3n) is 4.44. The van der Waals surface area contributed by atoms with Crippen LogP contribution in [0.25, 0.3) is 17.2 Å². The third kappa shape index (κ3) is 4.40. The van der Waals surface area contributed by atoms with Crippen molar-refractivity contribution in [1.82, 2.24) is 4.90 Å². The van der Waals surface area contributed by atoms with E-state index in [1.165, 1.54) is 16.2 Å². The van der Waals surface area contributed by atoms with Gasteiger partial charge in [-0.1, -0.05) is 35.9 Å². The van der Waals surface area contributed by atoms with Gasteiger partial charge in [0.1, 0.15) is 5.75 Å². The Labute approximate surface area is 181 Å². The third-order valence-corrected chi connectivity index (χ3v) is 6.48. The molecular formula is C22H16ClNO3S2. The fourth-order valence-corrected chi connectivity index (χ4v) is 4.78. The molecule has 1 saturated heterocycles. The van der Waals surface area contributed by atoms with Crippen molar-refractivity contribution in [2.45, 2.75) is 6.54 Å². The first kappa shape index (κ1) is 19.8. The first-order valence-electron chi connectivity index (χ1n) is 8.76. The van der Waals surface area contributed by atoms with E-state index in [0.29, 0.717) is 9.93 Å². The summed E-state index contributed by atoms with van der Waals surface area (Å²) in [6.07, 6.45) is 1.78. The lowest BCUT2D eigenvalue weighted by atomic mass is 10.1. The van der Waals surface area contributed by atoms with Gasteiger partial charge in [0.05, 0.1) is 18.6 Å². The number of hydrogen-bond acceptors (Lipinski definition) is 5. The number of amides is 2. The molecule has 4 nitrogen and oxygen atoms in total. The van der Waals surface area contributed by atoms with Crippen LogP contribution in [0.3, 0.4) is 0 Å². The molecule has 1 aliphatic heterocycles. The van der Waals surface area contributed by atoms with Crippen molar-refractivity contribution in [3.63, 3.8) is 0 Å². The maximum atomic E-state index is 12.7. The zero-order valence-electron chi connectivity index (χ0n) is 15.4. The molecule has 1 fully saturated rings. The van der Waals surface area contributed by atoms with E-state index in [4.69, 9.17) is 16.3 Å². The largest absolute Gasteiger partial charge is 0.497 e. The van der Waals surface area contributed by atoms with Crippen LogP contribution in [0.1, 0.15) is 10.4 Å². The predicted molar refractivity (Wildman–Crippen MR) is 119 cm³/mol. The van der Waals surface area contributed by atoms with Gasteiger partial charge in [0.2, 0.25) is 0 Å². The van der Waals surface area contributed by atoms with Gasteiger partial charge in [-0.15, -0.1) is 11.3 Å². The molecule has 2 amide bonds. The second-order valence-electron chi connectivity index (χ2n) is 6.36. The Balaban J connectivity index is 1.50. The van der Waals surface area contributed by atoms with Crippen LogP contribution in [0.4, 0.5) is 4.79 Å². The van der Waals surface area contributed by atoms with Crippen LogP contribution < -0.4 is 4.74 Å². The van der Waals surface area contributed by atoms with E-state index in [0.717, 1.165) is 39.1 Å². The summed E-state index contributed by atoms with van der Waals surface area (Å²) in [5.74, 6) is 0.467. The first-order valence-corrected chi connectivity index (χ1v) is 10.8. The van der Waals surface area contributed by atoms with E-state index in [2.05, 4.69) is 0 Å². The molecule has 0 atom stereocenters. The molecule has 2 aromatic carbocycles. The minimum atomic E-state index is -0.266. The van der Waals surface area contributed by atoms with Crippen molar-refractivity contribution in [3.8, 4) is 16.9 Å². The average molecular weight is 442 g/mol. The molecule has 0 spiro atoms. The molecule has 2 heterocycles.